The SMILES string of the molecule is CN1CCN(Cc2ccc3ccccc3c2)C1. The van der Waals surface area contributed by atoms with Crippen molar-refractivity contribution >= 4 is 10.8 Å². The summed E-state index contributed by atoms with van der Waals surface area (Å²) in [5.41, 5.74) is 1.42. The molecule has 2 aromatic carbocycles. The molecule has 2 aromatic rings. The smallest absolute Gasteiger partial charge is 0.0507 e. The van der Waals surface area contributed by atoms with Crippen LogP contribution < -0.4 is 0 Å². The van der Waals surface area contributed by atoms with Gasteiger partial charge in [-0.25, -0.2) is 0 Å². The first kappa shape index (κ1) is 10.8. The average Bonchev–Trinajstić information content (AvgIpc) is 2.75. The zero-order chi connectivity index (χ0) is 11.7. The van der Waals surface area contributed by atoms with Crippen molar-refractivity contribution in [3.8, 4) is 0 Å². The highest BCUT2D eigenvalue weighted by Crippen LogP contribution is 2.17. The molecular weight excluding hydrogens is 208 g/mol. The molecule has 0 saturated carbocycles. The van der Waals surface area contributed by atoms with E-state index in [9.17, 15) is 0 Å². The molecule has 0 atom stereocenters. The van der Waals surface area contributed by atoms with Crippen LogP contribution in [0.5, 0.6) is 0 Å². The Morgan fingerprint density at radius 2 is 1.82 bits per heavy atom. The van der Waals surface area contributed by atoms with Crippen LogP contribution in [-0.2, 0) is 6.54 Å². The highest BCUT2D eigenvalue weighted by atomic mass is 15.4. The number of hydrogen-bond acceptors (Lipinski definition) is 2. The van der Waals surface area contributed by atoms with E-state index in [1.807, 2.05) is 0 Å². The number of hydrogen-bond donors (Lipinski definition) is 0. The van der Waals surface area contributed by atoms with E-state index in [1.54, 1.807) is 0 Å². The van der Waals surface area contributed by atoms with E-state index in [2.05, 4.69) is 59.3 Å². The summed E-state index contributed by atoms with van der Waals surface area (Å²) in [7, 11) is 2.18. The van der Waals surface area contributed by atoms with E-state index < -0.39 is 0 Å². The molecule has 0 aromatic heterocycles. The van der Waals surface area contributed by atoms with Crippen LogP contribution in [-0.4, -0.2) is 36.6 Å². The van der Waals surface area contributed by atoms with Gasteiger partial charge in [0.15, 0.2) is 0 Å². The highest BCUT2D eigenvalue weighted by Gasteiger charge is 2.15. The summed E-state index contributed by atoms with van der Waals surface area (Å²) in [4.78, 5) is 4.85. The van der Waals surface area contributed by atoms with Gasteiger partial charge in [0.2, 0.25) is 0 Å². The van der Waals surface area contributed by atoms with Crippen LogP contribution in [0.3, 0.4) is 0 Å². The number of fused-ring (bicyclic) bond motifs is 1. The molecule has 2 nitrogen and oxygen atoms in total. The van der Waals surface area contributed by atoms with E-state index in [4.69, 9.17) is 0 Å². The van der Waals surface area contributed by atoms with Crippen molar-refractivity contribution in [3.05, 3.63) is 48.0 Å². The molecule has 0 amide bonds. The summed E-state index contributed by atoms with van der Waals surface area (Å²) in [6.45, 7) is 4.53. The summed E-state index contributed by atoms with van der Waals surface area (Å²) in [6.07, 6.45) is 0. The molecule has 1 saturated heterocycles. The Hall–Kier alpha value is -1.38. The molecule has 0 bridgehead atoms. The minimum absolute atomic E-state index is 1.06. The largest absolute Gasteiger partial charge is 0.292 e. The monoisotopic (exact) mass is 226 g/mol. The quantitative estimate of drug-likeness (QED) is 0.776. The van der Waals surface area contributed by atoms with Gasteiger partial charge in [0.1, 0.15) is 0 Å². The van der Waals surface area contributed by atoms with Crippen LogP contribution in [0.2, 0.25) is 0 Å². The highest BCUT2D eigenvalue weighted by molar-refractivity contribution is 5.82. The summed E-state index contributed by atoms with van der Waals surface area (Å²) in [5, 5.41) is 2.67. The standard InChI is InChI=1S/C15H18N2/c1-16-8-9-17(12-16)11-13-6-7-14-4-2-3-5-15(14)10-13/h2-7,10H,8-9,11-12H2,1H3. The molecule has 1 fully saturated rings. The van der Waals surface area contributed by atoms with Crippen molar-refractivity contribution in [2.75, 3.05) is 26.8 Å². The molecule has 88 valence electrons. The van der Waals surface area contributed by atoms with Gasteiger partial charge in [-0.1, -0.05) is 36.4 Å². The average molecular weight is 226 g/mol. The first-order chi connectivity index (χ1) is 8.31. The minimum atomic E-state index is 1.06. The fraction of sp³-hybridized carbons (Fsp3) is 0.333. The Kier molecular flexibility index (Phi) is 2.83. The van der Waals surface area contributed by atoms with Crippen LogP contribution >= 0.6 is 0 Å². The van der Waals surface area contributed by atoms with Gasteiger partial charge in [0.05, 0.1) is 6.67 Å². The normalized spacial score (nSPS) is 17.9. The second-order valence-electron chi connectivity index (χ2n) is 4.96. The Labute approximate surface area is 102 Å². The summed E-state index contributed by atoms with van der Waals surface area (Å²) in [5.74, 6) is 0. The second kappa shape index (κ2) is 4.47. The van der Waals surface area contributed by atoms with E-state index in [0.717, 1.165) is 13.2 Å². The molecule has 1 aliphatic heterocycles. The van der Waals surface area contributed by atoms with Crippen LogP contribution in [0.25, 0.3) is 10.8 Å². The molecule has 1 aliphatic rings. The Balaban J connectivity index is 1.81. The topological polar surface area (TPSA) is 6.48 Å². The van der Waals surface area contributed by atoms with E-state index in [1.165, 1.54) is 29.4 Å². The van der Waals surface area contributed by atoms with Crippen LogP contribution in [0.15, 0.2) is 42.5 Å². The lowest BCUT2D eigenvalue weighted by atomic mass is 10.1. The fourth-order valence-electron chi connectivity index (χ4n) is 2.52. The van der Waals surface area contributed by atoms with Crippen LogP contribution in [0.4, 0.5) is 0 Å². The van der Waals surface area contributed by atoms with Crippen molar-refractivity contribution in [1.29, 1.82) is 0 Å². The van der Waals surface area contributed by atoms with E-state index >= 15 is 0 Å². The first-order valence-electron chi connectivity index (χ1n) is 6.20. The Morgan fingerprint density at radius 3 is 2.59 bits per heavy atom. The lowest BCUT2D eigenvalue weighted by Crippen LogP contribution is -2.22. The molecular formula is C15H18N2. The summed E-state index contributed by atoms with van der Waals surface area (Å²) < 4.78 is 0. The predicted octanol–water partition coefficient (Wildman–Crippen LogP) is 2.54. The summed E-state index contributed by atoms with van der Waals surface area (Å²) in [6, 6.07) is 15.4. The third-order valence-corrected chi connectivity index (χ3v) is 3.46. The van der Waals surface area contributed by atoms with Crippen LogP contribution in [0, 0.1) is 0 Å². The van der Waals surface area contributed by atoms with Crippen molar-refractivity contribution in [3.63, 3.8) is 0 Å². The van der Waals surface area contributed by atoms with Gasteiger partial charge in [-0.2, -0.15) is 0 Å². The van der Waals surface area contributed by atoms with Crippen LogP contribution in [0.1, 0.15) is 5.56 Å². The van der Waals surface area contributed by atoms with Gasteiger partial charge >= 0.3 is 0 Å². The fourth-order valence-corrected chi connectivity index (χ4v) is 2.52. The van der Waals surface area contributed by atoms with E-state index in [-0.39, 0.29) is 0 Å². The number of likely N-dealkylation sites (N-methyl/N-ethyl adjacent to an activating group) is 1. The van der Waals surface area contributed by atoms with Gasteiger partial charge in [-0.3, -0.25) is 9.80 Å². The van der Waals surface area contributed by atoms with Crippen molar-refractivity contribution in [1.82, 2.24) is 9.80 Å². The first-order valence-corrected chi connectivity index (χ1v) is 6.20. The molecule has 17 heavy (non-hydrogen) atoms. The predicted molar refractivity (Wildman–Crippen MR) is 71.9 cm³/mol. The van der Waals surface area contributed by atoms with Crippen molar-refractivity contribution in [2.24, 2.45) is 0 Å². The molecule has 2 heteroatoms. The van der Waals surface area contributed by atoms with Gasteiger partial charge in [-0.05, 0) is 29.4 Å². The minimum Gasteiger partial charge on any atom is -0.292 e. The Bertz CT molecular complexity index is 521. The van der Waals surface area contributed by atoms with Gasteiger partial charge in [-0.15, -0.1) is 0 Å². The van der Waals surface area contributed by atoms with Gasteiger partial charge in [0.25, 0.3) is 0 Å². The molecule has 0 radical (unpaired) electrons. The molecule has 0 spiro atoms. The number of rotatable bonds is 2. The van der Waals surface area contributed by atoms with E-state index in [0.29, 0.717) is 0 Å². The maximum Gasteiger partial charge on any atom is 0.0507 e. The molecule has 3 rings (SSSR count). The zero-order valence-corrected chi connectivity index (χ0v) is 10.3. The molecule has 0 aliphatic carbocycles. The molecule has 0 unspecified atom stereocenters. The molecule has 0 N–H and O–H groups in total. The third-order valence-electron chi connectivity index (χ3n) is 3.46. The van der Waals surface area contributed by atoms with Gasteiger partial charge < -0.3 is 0 Å². The zero-order valence-electron chi connectivity index (χ0n) is 10.3. The second-order valence-corrected chi connectivity index (χ2v) is 4.96. The Morgan fingerprint density at radius 1 is 1.00 bits per heavy atom. The van der Waals surface area contributed by atoms with Crippen molar-refractivity contribution in [2.45, 2.75) is 6.54 Å². The van der Waals surface area contributed by atoms with Gasteiger partial charge in [0, 0.05) is 19.6 Å². The van der Waals surface area contributed by atoms with Crippen molar-refractivity contribution < 1.29 is 0 Å². The summed E-state index contributed by atoms with van der Waals surface area (Å²) >= 11 is 0. The number of nitrogens with zero attached hydrogens (tertiary/aromatic N) is 2. The maximum atomic E-state index is 2.49. The number of benzene rings is 2. The lowest BCUT2D eigenvalue weighted by molar-refractivity contribution is 0.268. The third kappa shape index (κ3) is 2.33. The maximum absolute atomic E-state index is 2.49. The lowest BCUT2D eigenvalue weighted by Gasteiger charge is -2.15. The molecule has 1 heterocycles.